The zero-order valence-corrected chi connectivity index (χ0v) is 20.8. The molecule has 4 aromatic rings. The molecule has 3 aromatic carbocycles. The van der Waals surface area contributed by atoms with Gasteiger partial charge >= 0.3 is 6.18 Å². The minimum Gasteiger partial charge on any atom is -0.488 e. The van der Waals surface area contributed by atoms with E-state index in [2.05, 4.69) is 26.0 Å². The van der Waals surface area contributed by atoms with E-state index in [1.807, 2.05) is 13.8 Å². The third-order valence-electron chi connectivity index (χ3n) is 4.90. The summed E-state index contributed by atoms with van der Waals surface area (Å²) in [7, 11) is 0. The van der Waals surface area contributed by atoms with Crippen LogP contribution in [-0.4, -0.2) is 22.0 Å². The molecule has 0 aliphatic rings. The Morgan fingerprint density at radius 1 is 1.11 bits per heavy atom. The summed E-state index contributed by atoms with van der Waals surface area (Å²) in [5.74, 6) is 0.439. The van der Waals surface area contributed by atoms with E-state index in [1.54, 1.807) is 36.4 Å². The van der Waals surface area contributed by atoms with Crippen LogP contribution in [0.3, 0.4) is 0 Å². The van der Waals surface area contributed by atoms with Crippen molar-refractivity contribution in [2.75, 3.05) is 0 Å². The molecule has 0 atom stereocenters. The number of hydrogen-bond acceptors (Lipinski definition) is 4. The highest BCUT2D eigenvalue weighted by molar-refractivity contribution is 9.10. The highest BCUT2D eigenvalue weighted by Crippen LogP contribution is 2.35. The molecule has 0 bridgehead atoms. The second kappa shape index (κ2) is 9.83. The Labute approximate surface area is 212 Å². The maximum Gasteiger partial charge on any atom is 0.416 e. The second-order valence-electron chi connectivity index (χ2n) is 7.87. The van der Waals surface area contributed by atoms with Gasteiger partial charge in [-0.3, -0.25) is 4.79 Å². The van der Waals surface area contributed by atoms with Crippen molar-refractivity contribution in [1.29, 1.82) is 0 Å². The quantitative estimate of drug-likeness (QED) is 0.242. The van der Waals surface area contributed by atoms with Crippen molar-refractivity contribution in [3.63, 3.8) is 0 Å². The molecule has 1 heterocycles. The zero-order chi connectivity index (χ0) is 25.3. The van der Waals surface area contributed by atoms with Gasteiger partial charge in [0.15, 0.2) is 11.6 Å². The molecule has 5 nitrogen and oxygen atoms in total. The van der Waals surface area contributed by atoms with Crippen molar-refractivity contribution in [2.45, 2.75) is 26.1 Å². The molecule has 0 saturated carbocycles. The summed E-state index contributed by atoms with van der Waals surface area (Å²) in [4.78, 5) is 17.7. The third kappa shape index (κ3) is 5.41. The maximum atomic E-state index is 13.3. The third-order valence-corrected chi connectivity index (χ3v) is 5.77. The molecule has 35 heavy (non-hydrogen) atoms. The lowest BCUT2D eigenvalue weighted by atomic mass is 10.1. The number of alkyl halides is 3. The molecule has 0 spiro atoms. The predicted molar refractivity (Wildman–Crippen MR) is 134 cm³/mol. The average molecular weight is 565 g/mol. The van der Waals surface area contributed by atoms with Crippen LogP contribution in [0.5, 0.6) is 5.75 Å². The van der Waals surface area contributed by atoms with E-state index in [-0.39, 0.29) is 22.9 Å². The fraction of sp³-hybridized carbons (Fsp3) is 0.160. The molecule has 180 valence electrons. The number of para-hydroxylation sites is 1. The molecule has 0 unspecified atom stereocenters. The number of aromatic nitrogens is 2. The molecule has 0 aliphatic heterocycles. The van der Waals surface area contributed by atoms with E-state index in [0.717, 1.165) is 16.8 Å². The molecule has 0 aliphatic carbocycles. The molecule has 0 radical (unpaired) electrons. The fourth-order valence-electron chi connectivity index (χ4n) is 3.38. The molecule has 0 amide bonds. The van der Waals surface area contributed by atoms with Gasteiger partial charge in [0, 0.05) is 5.56 Å². The number of nitrogens with zero attached hydrogens (tertiary/aromatic N) is 3. The Bertz CT molecular complexity index is 1480. The normalized spacial score (nSPS) is 12.1. The van der Waals surface area contributed by atoms with Gasteiger partial charge in [-0.15, -0.1) is 0 Å². The van der Waals surface area contributed by atoms with Gasteiger partial charge in [-0.2, -0.15) is 22.9 Å². The van der Waals surface area contributed by atoms with Crippen LogP contribution in [0.4, 0.5) is 13.2 Å². The largest absolute Gasteiger partial charge is 0.488 e. The van der Waals surface area contributed by atoms with Crippen molar-refractivity contribution in [2.24, 2.45) is 5.10 Å². The Balaban J connectivity index is 1.87. The number of ether oxygens (including phenoxy) is 1. The Hall–Kier alpha value is -3.17. The zero-order valence-electron chi connectivity index (χ0n) is 18.5. The number of hydrogen-bond donors (Lipinski definition) is 0. The van der Waals surface area contributed by atoms with Crippen molar-refractivity contribution < 1.29 is 17.9 Å². The van der Waals surface area contributed by atoms with Crippen LogP contribution in [-0.2, 0) is 6.18 Å². The number of rotatable bonds is 5. The minimum atomic E-state index is -4.55. The predicted octanol–water partition coefficient (Wildman–Crippen LogP) is 7.17. The monoisotopic (exact) mass is 563 g/mol. The first-order chi connectivity index (χ1) is 16.5. The molecule has 0 N–H and O–H groups in total. The Morgan fingerprint density at radius 2 is 1.86 bits per heavy atom. The highest BCUT2D eigenvalue weighted by atomic mass is 79.9. The minimum absolute atomic E-state index is 0.0269. The van der Waals surface area contributed by atoms with Crippen molar-refractivity contribution >= 4 is 44.6 Å². The van der Waals surface area contributed by atoms with E-state index < -0.39 is 17.3 Å². The van der Waals surface area contributed by atoms with Crippen LogP contribution in [0.15, 0.2) is 75.0 Å². The summed E-state index contributed by atoms with van der Waals surface area (Å²) in [6.45, 7) is 3.74. The van der Waals surface area contributed by atoms with Crippen LogP contribution in [0, 0.1) is 0 Å². The van der Waals surface area contributed by atoms with Gasteiger partial charge in [-0.05, 0) is 71.7 Å². The van der Waals surface area contributed by atoms with E-state index in [9.17, 15) is 18.0 Å². The lowest BCUT2D eigenvalue weighted by Gasteiger charge is -2.14. The topological polar surface area (TPSA) is 56.5 Å². The molecular weight excluding hydrogens is 547 g/mol. The van der Waals surface area contributed by atoms with Gasteiger partial charge in [0.1, 0.15) is 0 Å². The first-order valence-electron chi connectivity index (χ1n) is 10.4. The molecule has 0 fully saturated rings. The van der Waals surface area contributed by atoms with Crippen molar-refractivity contribution in [1.82, 2.24) is 9.66 Å². The summed E-state index contributed by atoms with van der Waals surface area (Å²) in [6.07, 6.45) is -3.27. The van der Waals surface area contributed by atoms with E-state index in [1.165, 1.54) is 18.3 Å². The highest BCUT2D eigenvalue weighted by Gasteiger charge is 2.31. The summed E-state index contributed by atoms with van der Waals surface area (Å²) < 4.78 is 47.2. The van der Waals surface area contributed by atoms with Crippen molar-refractivity contribution in [3.05, 3.63) is 91.6 Å². The van der Waals surface area contributed by atoms with E-state index >= 15 is 0 Å². The Morgan fingerprint density at radius 3 is 2.54 bits per heavy atom. The standard InChI is InChI=1S/C25H18BrClF3N3O2/c1-14(2)35-22-19(26)10-15(11-20(22)27)13-31-33-23(16-6-5-7-17(12-16)25(28,29)30)32-21-9-4-3-8-18(21)24(33)34/h3-14H,1-2H3. The molecule has 0 saturated heterocycles. The summed E-state index contributed by atoms with van der Waals surface area (Å²) in [5, 5.41) is 4.89. The van der Waals surface area contributed by atoms with E-state index in [0.29, 0.717) is 26.3 Å². The molecular formula is C25H18BrClF3N3O2. The van der Waals surface area contributed by atoms with Crippen molar-refractivity contribution in [3.8, 4) is 17.1 Å². The van der Waals surface area contributed by atoms with E-state index in [4.69, 9.17) is 16.3 Å². The first-order valence-corrected chi connectivity index (χ1v) is 11.6. The van der Waals surface area contributed by atoms with Gasteiger partial charge in [0.25, 0.3) is 5.56 Å². The maximum absolute atomic E-state index is 13.3. The lowest BCUT2D eigenvalue weighted by molar-refractivity contribution is -0.137. The van der Waals surface area contributed by atoms with Gasteiger partial charge in [-0.1, -0.05) is 35.9 Å². The number of halogens is 5. The number of benzene rings is 3. The SMILES string of the molecule is CC(C)Oc1c(Cl)cc(C=Nn2c(-c3cccc(C(F)(F)F)c3)nc3ccccc3c2=O)cc1Br. The molecule has 4 rings (SSSR count). The van der Waals surface area contributed by atoms with Crippen LogP contribution < -0.4 is 10.3 Å². The van der Waals surface area contributed by atoms with Gasteiger partial charge in [0.2, 0.25) is 0 Å². The molecule has 1 aromatic heterocycles. The summed E-state index contributed by atoms with van der Waals surface area (Å²) >= 11 is 9.77. The van der Waals surface area contributed by atoms with Crippen LogP contribution >= 0.6 is 27.5 Å². The Kier molecular flexibility index (Phi) is 7.00. The smallest absolute Gasteiger partial charge is 0.416 e. The first kappa shape index (κ1) is 24.9. The van der Waals surface area contributed by atoms with Gasteiger partial charge in [-0.25, -0.2) is 4.98 Å². The second-order valence-corrected chi connectivity index (χ2v) is 9.13. The summed E-state index contributed by atoms with van der Waals surface area (Å²) in [5.41, 5.74) is -0.404. The average Bonchev–Trinajstić information content (AvgIpc) is 2.80. The van der Waals surface area contributed by atoms with Gasteiger partial charge in [0.05, 0.1) is 38.3 Å². The van der Waals surface area contributed by atoms with Crippen LogP contribution in [0.1, 0.15) is 25.0 Å². The van der Waals surface area contributed by atoms with Crippen LogP contribution in [0.25, 0.3) is 22.3 Å². The summed E-state index contributed by atoms with van der Waals surface area (Å²) in [6, 6.07) is 14.5. The van der Waals surface area contributed by atoms with Crippen LogP contribution in [0.2, 0.25) is 5.02 Å². The molecule has 10 heteroatoms. The fourth-order valence-corrected chi connectivity index (χ4v) is 4.34. The van der Waals surface area contributed by atoms with Gasteiger partial charge < -0.3 is 4.74 Å². The number of fused-ring (bicyclic) bond motifs is 1. The lowest BCUT2D eigenvalue weighted by Crippen LogP contribution is -2.20.